The molecule has 2 N–H and O–H groups in total. The van der Waals surface area contributed by atoms with Crippen molar-refractivity contribution in [2.45, 2.75) is 45.1 Å². The van der Waals surface area contributed by atoms with E-state index in [1.807, 2.05) is 0 Å². The molecule has 92 valence electrons. The zero-order valence-corrected chi connectivity index (χ0v) is 10.6. The summed E-state index contributed by atoms with van der Waals surface area (Å²) in [6.45, 7) is 6.14. The summed E-state index contributed by atoms with van der Waals surface area (Å²) in [6, 6.07) is 0.433. The average Bonchev–Trinajstić information content (AvgIpc) is 2.77. The summed E-state index contributed by atoms with van der Waals surface area (Å²) in [7, 11) is 0. The maximum absolute atomic E-state index is 6.12. The predicted octanol–water partition coefficient (Wildman–Crippen LogP) is 2.09. The van der Waals surface area contributed by atoms with E-state index >= 15 is 0 Å². The maximum Gasteiger partial charge on any atom is 0.0170 e. The molecule has 1 heterocycles. The Morgan fingerprint density at radius 3 is 2.62 bits per heavy atom. The second kappa shape index (κ2) is 4.30. The first-order valence-corrected chi connectivity index (χ1v) is 7.18. The van der Waals surface area contributed by atoms with Crippen LogP contribution in [0.4, 0.5) is 0 Å². The first-order chi connectivity index (χ1) is 7.70. The highest BCUT2D eigenvalue weighted by molar-refractivity contribution is 4.92. The number of fused-ring (bicyclic) bond motifs is 2. The minimum atomic E-state index is 0.433. The van der Waals surface area contributed by atoms with Gasteiger partial charge in [0.15, 0.2) is 0 Å². The van der Waals surface area contributed by atoms with Crippen LogP contribution in [0, 0.1) is 23.7 Å². The fraction of sp³-hybridized carbons (Fsp3) is 1.00. The van der Waals surface area contributed by atoms with Gasteiger partial charge in [-0.15, -0.1) is 0 Å². The minimum Gasteiger partial charge on any atom is -0.327 e. The molecule has 0 aromatic rings. The Balaban J connectivity index is 1.54. The van der Waals surface area contributed by atoms with Crippen molar-refractivity contribution in [3.8, 4) is 0 Å². The zero-order chi connectivity index (χ0) is 11.1. The summed E-state index contributed by atoms with van der Waals surface area (Å²) in [6.07, 6.45) is 7.33. The highest BCUT2D eigenvalue weighted by Gasteiger charge is 2.40. The van der Waals surface area contributed by atoms with Crippen LogP contribution in [0.5, 0.6) is 0 Å². The van der Waals surface area contributed by atoms with Gasteiger partial charge in [-0.2, -0.15) is 0 Å². The summed E-state index contributed by atoms with van der Waals surface area (Å²) in [4.78, 5) is 2.66. The molecule has 1 aliphatic heterocycles. The van der Waals surface area contributed by atoms with Crippen LogP contribution in [-0.2, 0) is 0 Å². The molecule has 0 amide bonds. The number of hydrogen-bond donors (Lipinski definition) is 1. The Labute approximate surface area is 99.6 Å². The molecule has 2 saturated carbocycles. The third kappa shape index (κ3) is 2.14. The van der Waals surface area contributed by atoms with Crippen molar-refractivity contribution in [1.29, 1.82) is 0 Å². The van der Waals surface area contributed by atoms with Gasteiger partial charge in [-0.1, -0.05) is 13.3 Å². The van der Waals surface area contributed by atoms with Crippen molar-refractivity contribution in [1.82, 2.24) is 4.90 Å². The van der Waals surface area contributed by atoms with Gasteiger partial charge in [0.05, 0.1) is 0 Å². The lowest BCUT2D eigenvalue weighted by atomic mass is 9.87. The van der Waals surface area contributed by atoms with Gasteiger partial charge in [-0.05, 0) is 49.4 Å². The average molecular weight is 222 g/mol. The first kappa shape index (κ1) is 11.0. The number of rotatable bonds is 2. The Morgan fingerprint density at radius 2 is 2.00 bits per heavy atom. The molecular weight excluding hydrogens is 196 g/mol. The van der Waals surface area contributed by atoms with Gasteiger partial charge >= 0.3 is 0 Å². The molecule has 0 spiro atoms. The van der Waals surface area contributed by atoms with E-state index in [-0.39, 0.29) is 0 Å². The highest BCUT2D eigenvalue weighted by atomic mass is 15.2. The van der Waals surface area contributed by atoms with Crippen molar-refractivity contribution in [3.05, 3.63) is 0 Å². The lowest BCUT2D eigenvalue weighted by molar-refractivity contribution is 0.125. The standard InChI is InChI=1S/C14H26N2/c1-10-4-14(15)9-16(7-10)8-13-6-11-2-3-12(13)5-11/h10-14H,2-9,15H2,1H3. The Bertz CT molecular complexity index is 243. The van der Waals surface area contributed by atoms with Crippen molar-refractivity contribution in [2.75, 3.05) is 19.6 Å². The van der Waals surface area contributed by atoms with Crippen LogP contribution in [0.25, 0.3) is 0 Å². The predicted molar refractivity (Wildman–Crippen MR) is 67.1 cm³/mol. The highest BCUT2D eigenvalue weighted by Crippen LogP contribution is 2.48. The van der Waals surface area contributed by atoms with Crippen LogP contribution in [0.15, 0.2) is 0 Å². The summed E-state index contributed by atoms with van der Waals surface area (Å²) in [5.41, 5.74) is 6.12. The lowest BCUT2D eigenvalue weighted by Crippen LogP contribution is -2.48. The van der Waals surface area contributed by atoms with Gasteiger partial charge in [0.2, 0.25) is 0 Å². The number of likely N-dealkylation sites (tertiary alicyclic amines) is 1. The van der Waals surface area contributed by atoms with E-state index < -0.39 is 0 Å². The van der Waals surface area contributed by atoms with Crippen molar-refractivity contribution < 1.29 is 0 Å². The minimum absolute atomic E-state index is 0.433. The molecule has 5 atom stereocenters. The molecule has 1 saturated heterocycles. The molecule has 0 aromatic heterocycles. The van der Waals surface area contributed by atoms with Crippen LogP contribution in [0.2, 0.25) is 0 Å². The van der Waals surface area contributed by atoms with Gasteiger partial charge in [-0.3, -0.25) is 0 Å². The van der Waals surface area contributed by atoms with Gasteiger partial charge < -0.3 is 10.6 Å². The largest absolute Gasteiger partial charge is 0.327 e. The molecule has 3 aliphatic rings. The Morgan fingerprint density at radius 1 is 1.12 bits per heavy atom. The molecule has 5 unspecified atom stereocenters. The third-order valence-electron chi connectivity index (χ3n) is 5.14. The fourth-order valence-corrected chi connectivity index (χ4v) is 4.59. The molecule has 2 bridgehead atoms. The molecule has 2 aliphatic carbocycles. The summed E-state index contributed by atoms with van der Waals surface area (Å²) < 4.78 is 0. The second-order valence-corrected chi connectivity index (χ2v) is 6.75. The van der Waals surface area contributed by atoms with Gasteiger partial charge in [0.1, 0.15) is 0 Å². The van der Waals surface area contributed by atoms with Crippen LogP contribution >= 0.6 is 0 Å². The van der Waals surface area contributed by atoms with Crippen LogP contribution < -0.4 is 5.73 Å². The van der Waals surface area contributed by atoms with Crippen molar-refractivity contribution >= 4 is 0 Å². The van der Waals surface area contributed by atoms with E-state index in [2.05, 4.69) is 11.8 Å². The summed E-state index contributed by atoms with van der Waals surface area (Å²) in [5, 5.41) is 0. The molecule has 16 heavy (non-hydrogen) atoms. The number of nitrogens with two attached hydrogens (primary N) is 1. The summed E-state index contributed by atoms with van der Waals surface area (Å²) in [5.74, 6) is 3.97. The molecule has 3 fully saturated rings. The molecule has 0 radical (unpaired) electrons. The van der Waals surface area contributed by atoms with E-state index in [1.165, 1.54) is 38.8 Å². The van der Waals surface area contributed by atoms with Crippen LogP contribution in [0.3, 0.4) is 0 Å². The van der Waals surface area contributed by atoms with E-state index in [0.717, 1.165) is 30.2 Å². The number of piperidine rings is 1. The monoisotopic (exact) mass is 222 g/mol. The number of nitrogens with zero attached hydrogens (tertiary/aromatic N) is 1. The van der Waals surface area contributed by atoms with E-state index in [4.69, 9.17) is 5.73 Å². The first-order valence-electron chi connectivity index (χ1n) is 7.18. The van der Waals surface area contributed by atoms with Gasteiger partial charge in [0, 0.05) is 25.7 Å². The van der Waals surface area contributed by atoms with Gasteiger partial charge in [0.25, 0.3) is 0 Å². The van der Waals surface area contributed by atoms with Crippen molar-refractivity contribution in [2.24, 2.45) is 29.4 Å². The maximum atomic E-state index is 6.12. The normalized spacial score (nSPS) is 48.8. The van der Waals surface area contributed by atoms with Crippen LogP contribution in [0.1, 0.15) is 39.0 Å². The topological polar surface area (TPSA) is 29.3 Å². The van der Waals surface area contributed by atoms with E-state index in [1.54, 1.807) is 6.42 Å². The fourth-order valence-electron chi connectivity index (χ4n) is 4.59. The van der Waals surface area contributed by atoms with Crippen LogP contribution in [-0.4, -0.2) is 30.6 Å². The second-order valence-electron chi connectivity index (χ2n) is 6.75. The lowest BCUT2D eigenvalue weighted by Gasteiger charge is -2.37. The smallest absolute Gasteiger partial charge is 0.0170 e. The van der Waals surface area contributed by atoms with Gasteiger partial charge in [-0.25, -0.2) is 0 Å². The zero-order valence-electron chi connectivity index (χ0n) is 10.6. The Hall–Kier alpha value is -0.0800. The third-order valence-corrected chi connectivity index (χ3v) is 5.14. The van der Waals surface area contributed by atoms with E-state index in [9.17, 15) is 0 Å². The molecule has 2 heteroatoms. The SMILES string of the molecule is CC1CC(N)CN(CC2CC3CCC2C3)C1. The van der Waals surface area contributed by atoms with E-state index in [0.29, 0.717) is 6.04 Å². The summed E-state index contributed by atoms with van der Waals surface area (Å²) >= 11 is 0. The molecule has 0 aromatic carbocycles. The quantitative estimate of drug-likeness (QED) is 0.775. The van der Waals surface area contributed by atoms with Crippen molar-refractivity contribution in [3.63, 3.8) is 0 Å². The molecular formula is C14H26N2. The Kier molecular flexibility index (Phi) is 2.97. The molecule has 2 nitrogen and oxygen atoms in total. The molecule has 3 rings (SSSR count). The number of hydrogen-bond acceptors (Lipinski definition) is 2.